The second-order valence-electron chi connectivity index (χ2n) is 6.15. The van der Waals surface area contributed by atoms with Crippen molar-refractivity contribution in [2.24, 2.45) is 5.92 Å². The Morgan fingerprint density at radius 1 is 1.26 bits per heavy atom. The van der Waals surface area contributed by atoms with Crippen LogP contribution in [0.2, 0.25) is 0 Å². The van der Waals surface area contributed by atoms with Crippen LogP contribution in [0.4, 0.5) is 9.59 Å². The Morgan fingerprint density at radius 2 is 1.84 bits per heavy atom. The van der Waals surface area contributed by atoms with Crippen molar-refractivity contribution in [3.8, 4) is 0 Å². The van der Waals surface area contributed by atoms with E-state index in [1.165, 1.54) is 4.90 Å². The van der Waals surface area contributed by atoms with Crippen LogP contribution in [0.3, 0.4) is 0 Å². The van der Waals surface area contributed by atoms with Crippen LogP contribution in [-0.4, -0.2) is 49.4 Å². The maximum absolute atomic E-state index is 11.5. The Labute approximate surface area is 114 Å². The average molecular weight is 272 g/mol. The summed E-state index contributed by atoms with van der Waals surface area (Å²) >= 11 is 0. The molecule has 0 aromatic carbocycles. The first-order valence-corrected chi connectivity index (χ1v) is 6.51. The standard InChI is InChI=1S/C13H24N2O4/c1-13(2,3)19-11(16)14-10-6-9(7-10)8-18-12(17)15(4)5/h9-10H,6-8H2,1-5H3,(H,14,16)/t9-,10-. The molecular weight excluding hydrogens is 248 g/mol. The second-order valence-corrected chi connectivity index (χ2v) is 6.15. The number of nitrogens with zero attached hydrogens (tertiary/aromatic N) is 1. The maximum atomic E-state index is 11.5. The molecule has 0 bridgehead atoms. The summed E-state index contributed by atoms with van der Waals surface area (Å²) in [7, 11) is 3.30. The van der Waals surface area contributed by atoms with Crippen LogP contribution in [0.1, 0.15) is 33.6 Å². The van der Waals surface area contributed by atoms with Crippen molar-refractivity contribution in [2.75, 3.05) is 20.7 Å². The molecule has 1 fully saturated rings. The molecule has 6 heteroatoms. The summed E-state index contributed by atoms with van der Waals surface area (Å²) in [6.45, 7) is 5.90. The van der Waals surface area contributed by atoms with Gasteiger partial charge in [0.25, 0.3) is 0 Å². The molecule has 0 unspecified atom stereocenters. The van der Waals surface area contributed by atoms with Crippen LogP contribution in [0.5, 0.6) is 0 Å². The van der Waals surface area contributed by atoms with Gasteiger partial charge in [-0.1, -0.05) is 0 Å². The molecule has 0 radical (unpaired) electrons. The topological polar surface area (TPSA) is 67.9 Å². The number of rotatable bonds is 3. The van der Waals surface area contributed by atoms with E-state index < -0.39 is 5.60 Å². The van der Waals surface area contributed by atoms with Gasteiger partial charge < -0.3 is 19.7 Å². The molecule has 0 aliphatic heterocycles. The molecule has 2 amide bonds. The molecule has 0 saturated heterocycles. The fraction of sp³-hybridized carbons (Fsp3) is 0.846. The van der Waals surface area contributed by atoms with Crippen molar-refractivity contribution in [3.05, 3.63) is 0 Å². The van der Waals surface area contributed by atoms with Crippen LogP contribution < -0.4 is 5.32 Å². The summed E-state index contributed by atoms with van der Waals surface area (Å²) in [5.41, 5.74) is -0.478. The van der Waals surface area contributed by atoms with Gasteiger partial charge >= 0.3 is 12.2 Å². The van der Waals surface area contributed by atoms with E-state index in [4.69, 9.17) is 9.47 Å². The van der Waals surface area contributed by atoms with Crippen LogP contribution in [0.15, 0.2) is 0 Å². The molecule has 0 aromatic rings. The fourth-order valence-electron chi connectivity index (χ4n) is 1.78. The van der Waals surface area contributed by atoms with Gasteiger partial charge in [0.1, 0.15) is 5.60 Å². The Morgan fingerprint density at radius 3 is 2.32 bits per heavy atom. The lowest BCUT2D eigenvalue weighted by Gasteiger charge is -2.35. The zero-order valence-corrected chi connectivity index (χ0v) is 12.4. The largest absolute Gasteiger partial charge is 0.449 e. The third-order valence-electron chi connectivity index (χ3n) is 2.76. The highest BCUT2D eigenvalue weighted by atomic mass is 16.6. The number of carbonyl (C=O) groups is 2. The molecule has 1 rings (SSSR count). The molecule has 0 spiro atoms. The summed E-state index contributed by atoms with van der Waals surface area (Å²) in [4.78, 5) is 24.1. The van der Waals surface area contributed by atoms with Crippen molar-refractivity contribution < 1.29 is 19.1 Å². The van der Waals surface area contributed by atoms with E-state index in [-0.39, 0.29) is 18.2 Å². The van der Waals surface area contributed by atoms with Crippen molar-refractivity contribution in [1.82, 2.24) is 10.2 Å². The van der Waals surface area contributed by atoms with Gasteiger partial charge in [-0.3, -0.25) is 0 Å². The van der Waals surface area contributed by atoms with E-state index >= 15 is 0 Å². The van der Waals surface area contributed by atoms with Gasteiger partial charge in [0.15, 0.2) is 0 Å². The van der Waals surface area contributed by atoms with E-state index in [1.807, 2.05) is 20.8 Å². The third kappa shape index (κ3) is 5.81. The Hall–Kier alpha value is -1.46. The number of amides is 2. The number of hydrogen-bond donors (Lipinski definition) is 1. The van der Waals surface area contributed by atoms with Gasteiger partial charge in [-0.15, -0.1) is 0 Å². The highest BCUT2D eigenvalue weighted by Gasteiger charge is 2.32. The molecular formula is C13H24N2O4. The predicted octanol–water partition coefficient (Wildman–Crippen LogP) is 1.99. The Bertz CT molecular complexity index is 330. The van der Waals surface area contributed by atoms with Gasteiger partial charge in [0.05, 0.1) is 6.61 Å². The van der Waals surface area contributed by atoms with E-state index in [0.717, 1.165) is 12.8 Å². The molecule has 1 aliphatic carbocycles. The minimum Gasteiger partial charge on any atom is -0.449 e. The molecule has 19 heavy (non-hydrogen) atoms. The number of hydrogen-bond acceptors (Lipinski definition) is 4. The summed E-state index contributed by atoms with van der Waals surface area (Å²) in [6.07, 6.45) is 0.921. The van der Waals surface area contributed by atoms with E-state index in [9.17, 15) is 9.59 Å². The molecule has 110 valence electrons. The Balaban J connectivity index is 2.14. The first-order chi connectivity index (χ1) is 8.67. The highest BCUT2D eigenvalue weighted by molar-refractivity contribution is 5.68. The lowest BCUT2D eigenvalue weighted by Crippen LogP contribution is -2.47. The molecule has 1 saturated carbocycles. The average Bonchev–Trinajstić information content (AvgIpc) is 2.17. The van der Waals surface area contributed by atoms with Crippen LogP contribution in [-0.2, 0) is 9.47 Å². The highest BCUT2D eigenvalue weighted by Crippen LogP contribution is 2.28. The van der Waals surface area contributed by atoms with Crippen molar-refractivity contribution in [2.45, 2.75) is 45.3 Å². The monoisotopic (exact) mass is 272 g/mol. The van der Waals surface area contributed by atoms with Crippen molar-refractivity contribution >= 4 is 12.2 Å². The van der Waals surface area contributed by atoms with E-state index in [1.54, 1.807) is 14.1 Å². The zero-order valence-electron chi connectivity index (χ0n) is 12.4. The normalized spacial score (nSPS) is 22.2. The summed E-state index contributed by atoms with van der Waals surface area (Å²) in [6, 6.07) is 0.123. The van der Waals surface area contributed by atoms with Gasteiger partial charge in [-0.25, -0.2) is 9.59 Å². The first-order valence-electron chi connectivity index (χ1n) is 6.51. The van der Waals surface area contributed by atoms with Gasteiger partial charge in [-0.05, 0) is 39.5 Å². The van der Waals surface area contributed by atoms with Crippen LogP contribution in [0, 0.1) is 5.92 Å². The molecule has 6 nitrogen and oxygen atoms in total. The minimum atomic E-state index is -0.478. The summed E-state index contributed by atoms with van der Waals surface area (Å²) < 4.78 is 10.3. The number of nitrogens with one attached hydrogen (secondary N) is 1. The van der Waals surface area contributed by atoms with E-state index in [0.29, 0.717) is 12.5 Å². The predicted molar refractivity (Wildman–Crippen MR) is 70.9 cm³/mol. The quantitative estimate of drug-likeness (QED) is 0.853. The zero-order chi connectivity index (χ0) is 14.6. The maximum Gasteiger partial charge on any atom is 0.409 e. The number of ether oxygens (including phenoxy) is 2. The van der Waals surface area contributed by atoms with Crippen molar-refractivity contribution in [1.29, 1.82) is 0 Å². The smallest absolute Gasteiger partial charge is 0.409 e. The molecule has 1 N–H and O–H groups in total. The van der Waals surface area contributed by atoms with E-state index in [2.05, 4.69) is 5.32 Å². The number of carbonyl (C=O) groups excluding carboxylic acids is 2. The lowest BCUT2D eigenvalue weighted by atomic mass is 9.81. The lowest BCUT2D eigenvalue weighted by molar-refractivity contribution is 0.0378. The van der Waals surface area contributed by atoms with Crippen LogP contribution >= 0.6 is 0 Å². The SMILES string of the molecule is CN(C)C(=O)OC[C@H]1C[C@H](NC(=O)OC(C)(C)C)C1. The molecule has 0 atom stereocenters. The third-order valence-corrected chi connectivity index (χ3v) is 2.76. The van der Waals surface area contributed by atoms with Gasteiger partial charge in [0.2, 0.25) is 0 Å². The van der Waals surface area contributed by atoms with Crippen molar-refractivity contribution in [3.63, 3.8) is 0 Å². The fourth-order valence-corrected chi connectivity index (χ4v) is 1.78. The molecule has 0 heterocycles. The van der Waals surface area contributed by atoms with Gasteiger partial charge in [0, 0.05) is 20.1 Å². The minimum absolute atomic E-state index is 0.123. The summed E-state index contributed by atoms with van der Waals surface area (Å²) in [5, 5.41) is 2.80. The van der Waals surface area contributed by atoms with Crippen LogP contribution in [0.25, 0.3) is 0 Å². The first kappa shape index (κ1) is 15.6. The Kier molecular flexibility index (Phi) is 5.03. The number of alkyl carbamates (subject to hydrolysis) is 1. The molecule has 1 aliphatic rings. The van der Waals surface area contributed by atoms with Gasteiger partial charge in [-0.2, -0.15) is 0 Å². The second kappa shape index (κ2) is 6.12. The summed E-state index contributed by atoms with van der Waals surface area (Å²) in [5.74, 6) is 0.323. The molecule has 0 aromatic heterocycles.